The number of para-hydroxylation sites is 1. The molecule has 0 aromatic heterocycles. The molecule has 3 nitrogen and oxygen atoms in total. The van der Waals surface area contributed by atoms with E-state index < -0.39 is 0 Å². The smallest absolute Gasteiger partial charge is 0.196 e. The Morgan fingerprint density at radius 3 is 3.00 bits per heavy atom. The molecule has 0 saturated heterocycles. The SMILES string of the molecule is CCC1CCCC2(CN=C(N)N2c2ccccc2Br)C1. The second-order valence-electron chi connectivity index (χ2n) is 6.06. The molecule has 108 valence electrons. The minimum Gasteiger partial charge on any atom is -0.369 e. The summed E-state index contributed by atoms with van der Waals surface area (Å²) in [6, 6.07) is 8.32. The fourth-order valence-corrected chi connectivity index (χ4v) is 4.24. The molecule has 1 aliphatic heterocycles. The Bertz CT molecular complexity index is 528. The summed E-state index contributed by atoms with van der Waals surface area (Å²) < 4.78 is 1.10. The monoisotopic (exact) mass is 335 g/mol. The van der Waals surface area contributed by atoms with Gasteiger partial charge < -0.3 is 10.6 Å². The Kier molecular flexibility index (Phi) is 3.76. The molecular weight excluding hydrogens is 314 g/mol. The first-order valence-electron chi connectivity index (χ1n) is 7.51. The van der Waals surface area contributed by atoms with Crippen LogP contribution in [0, 0.1) is 5.92 Å². The Morgan fingerprint density at radius 2 is 2.25 bits per heavy atom. The highest BCUT2D eigenvalue weighted by molar-refractivity contribution is 9.10. The van der Waals surface area contributed by atoms with E-state index in [-0.39, 0.29) is 5.54 Å². The van der Waals surface area contributed by atoms with Crippen molar-refractivity contribution in [3.05, 3.63) is 28.7 Å². The van der Waals surface area contributed by atoms with Gasteiger partial charge in [0.05, 0.1) is 17.8 Å². The topological polar surface area (TPSA) is 41.6 Å². The molecule has 1 aromatic rings. The van der Waals surface area contributed by atoms with E-state index in [2.05, 4.69) is 50.9 Å². The lowest BCUT2D eigenvalue weighted by Gasteiger charge is -2.45. The summed E-state index contributed by atoms with van der Waals surface area (Å²) in [4.78, 5) is 6.87. The molecule has 1 spiro atoms. The lowest BCUT2D eigenvalue weighted by atomic mass is 9.74. The molecule has 3 rings (SSSR count). The Hall–Kier alpha value is -1.03. The Labute approximate surface area is 129 Å². The van der Waals surface area contributed by atoms with Crippen LogP contribution >= 0.6 is 15.9 Å². The third-order valence-corrected chi connectivity index (χ3v) is 5.50. The van der Waals surface area contributed by atoms with Crippen LogP contribution in [-0.2, 0) is 0 Å². The van der Waals surface area contributed by atoms with Crippen LogP contribution in [0.4, 0.5) is 5.69 Å². The van der Waals surface area contributed by atoms with Crippen LogP contribution in [0.15, 0.2) is 33.7 Å². The highest BCUT2D eigenvalue weighted by Crippen LogP contribution is 2.44. The van der Waals surface area contributed by atoms with E-state index in [1.807, 2.05) is 6.07 Å². The maximum Gasteiger partial charge on any atom is 0.196 e. The largest absolute Gasteiger partial charge is 0.369 e. The highest BCUT2D eigenvalue weighted by atomic mass is 79.9. The van der Waals surface area contributed by atoms with Crippen LogP contribution in [0.25, 0.3) is 0 Å². The number of hydrogen-bond donors (Lipinski definition) is 1. The lowest BCUT2D eigenvalue weighted by Crippen LogP contribution is -2.54. The average Bonchev–Trinajstić information content (AvgIpc) is 2.76. The minimum absolute atomic E-state index is 0.104. The van der Waals surface area contributed by atoms with E-state index in [0.717, 1.165) is 22.6 Å². The van der Waals surface area contributed by atoms with Crippen molar-refractivity contribution in [2.45, 2.75) is 44.6 Å². The van der Waals surface area contributed by atoms with Crippen molar-refractivity contribution in [3.63, 3.8) is 0 Å². The normalized spacial score (nSPS) is 29.8. The van der Waals surface area contributed by atoms with Crippen molar-refractivity contribution < 1.29 is 0 Å². The molecule has 2 N–H and O–H groups in total. The number of guanidine groups is 1. The van der Waals surface area contributed by atoms with Crippen molar-refractivity contribution in [1.82, 2.24) is 0 Å². The maximum atomic E-state index is 6.23. The number of halogens is 1. The van der Waals surface area contributed by atoms with Crippen LogP contribution in [0.1, 0.15) is 39.0 Å². The van der Waals surface area contributed by atoms with Gasteiger partial charge in [0.2, 0.25) is 0 Å². The first-order chi connectivity index (χ1) is 9.66. The maximum absolute atomic E-state index is 6.23. The summed E-state index contributed by atoms with van der Waals surface area (Å²) in [5, 5.41) is 0. The van der Waals surface area contributed by atoms with Crippen molar-refractivity contribution in [1.29, 1.82) is 0 Å². The van der Waals surface area contributed by atoms with Crippen LogP contribution in [-0.4, -0.2) is 18.0 Å². The number of nitrogens with two attached hydrogens (primary N) is 1. The number of anilines is 1. The van der Waals surface area contributed by atoms with Gasteiger partial charge in [0.15, 0.2) is 5.96 Å². The van der Waals surface area contributed by atoms with Gasteiger partial charge in [-0.15, -0.1) is 0 Å². The standard InChI is InChI=1S/C16H22BrN3/c1-2-12-6-5-9-16(10-12)11-19-15(18)20(16)14-8-4-3-7-13(14)17/h3-4,7-8,12H,2,5-6,9-11H2,1H3,(H2,18,19). The zero-order valence-electron chi connectivity index (χ0n) is 12.0. The first kappa shape index (κ1) is 13.9. The molecule has 2 atom stereocenters. The predicted octanol–water partition coefficient (Wildman–Crippen LogP) is 3.92. The van der Waals surface area contributed by atoms with Gasteiger partial charge in [0.1, 0.15) is 0 Å². The molecule has 0 amide bonds. The van der Waals surface area contributed by atoms with Gasteiger partial charge in [0, 0.05) is 4.47 Å². The van der Waals surface area contributed by atoms with E-state index in [9.17, 15) is 0 Å². The van der Waals surface area contributed by atoms with Gasteiger partial charge in [-0.2, -0.15) is 0 Å². The molecule has 1 aromatic carbocycles. The van der Waals surface area contributed by atoms with Crippen LogP contribution < -0.4 is 10.6 Å². The number of benzene rings is 1. The zero-order chi connectivity index (χ0) is 14.2. The van der Waals surface area contributed by atoms with Crippen LogP contribution in [0.3, 0.4) is 0 Å². The molecule has 20 heavy (non-hydrogen) atoms. The average molecular weight is 336 g/mol. The number of nitrogens with zero attached hydrogens (tertiary/aromatic N) is 2. The third kappa shape index (κ3) is 2.24. The number of aliphatic imine (C=N–C) groups is 1. The van der Waals surface area contributed by atoms with Gasteiger partial charge in [-0.25, -0.2) is 0 Å². The summed E-state index contributed by atoms with van der Waals surface area (Å²) in [7, 11) is 0. The van der Waals surface area contributed by atoms with Crippen LogP contribution in [0.2, 0.25) is 0 Å². The van der Waals surface area contributed by atoms with Crippen LogP contribution in [0.5, 0.6) is 0 Å². The molecule has 1 fully saturated rings. The number of rotatable bonds is 2. The molecule has 4 heteroatoms. The second-order valence-corrected chi connectivity index (χ2v) is 6.91. The van der Waals surface area contributed by atoms with E-state index >= 15 is 0 Å². The molecule has 1 saturated carbocycles. The summed E-state index contributed by atoms with van der Waals surface area (Å²) in [5.74, 6) is 1.48. The van der Waals surface area contributed by atoms with E-state index in [4.69, 9.17) is 5.73 Å². The van der Waals surface area contributed by atoms with E-state index in [1.54, 1.807) is 0 Å². The molecular formula is C16H22BrN3. The summed E-state index contributed by atoms with van der Waals surface area (Å²) in [6.07, 6.45) is 6.28. The molecule has 2 unspecified atom stereocenters. The van der Waals surface area contributed by atoms with Gasteiger partial charge in [-0.05, 0) is 46.8 Å². The lowest BCUT2D eigenvalue weighted by molar-refractivity contribution is 0.235. The Balaban J connectivity index is 1.98. The highest BCUT2D eigenvalue weighted by Gasteiger charge is 2.46. The quantitative estimate of drug-likeness (QED) is 0.889. The second kappa shape index (κ2) is 5.40. The molecule has 1 heterocycles. The molecule has 0 bridgehead atoms. The van der Waals surface area contributed by atoms with Gasteiger partial charge in [-0.3, -0.25) is 4.99 Å². The Morgan fingerprint density at radius 1 is 1.45 bits per heavy atom. The van der Waals surface area contributed by atoms with Gasteiger partial charge >= 0.3 is 0 Å². The van der Waals surface area contributed by atoms with Gasteiger partial charge in [-0.1, -0.05) is 38.3 Å². The predicted molar refractivity (Wildman–Crippen MR) is 88.1 cm³/mol. The summed E-state index contributed by atoms with van der Waals surface area (Å²) in [5.41, 5.74) is 7.49. The molecule has 2 aliphatic rings. The fraction of sp³-hybridized carbons (Fsp3) is 0.562. The fourth-order valence-electron chi connectivity index (χ4n) is 3.78. The minimum atomic E-state index is 0.104. The first-order valence-corrected chi connectivity index (χ1v) is 8.30. The molecule has 1 aliphatic carbocycles. The van der Waals surface area contributed by atoms with Gasteiger partial charge in [0.25, 0.3) is 0 Å². The molecule has 0 radical (unpaired) electrons. The number of hydrogen-bond acceptors (Lipinski definition) is 3. The summed E-state index contributed by atoms with van der Waals surface area (Å²) >= 11 is 3.66. The van der Waals surface area contributed by atoms with Crippen molar-refractivity contribution in [2.75, 3.05) is 11.4 Å². The van der Waals surface area contributed by atoms with E-state index in [0.29, 0.717) is 5.96 Å². The zero-order valence-corrected chi connectivity index (χ0v) is 13.6. The summed E-state index contributed by atoms with van der Waals surface area (Å²) in [6.45, 7) is 3.14. The van der Waals surface area contributed by atoms with Crippen molar-refractivity contribution in [3.8, 4) is 0 Å². The van der Waals surface area contributed by atoms with E-state index in [1.165, 1.54) is 32.1 Å². The third-order valence-electron chi connectivity index (χ3n) is 4.83. The van der Waals surface area contributed by atoms with Crippen molar-refractivity contribution >= 4 is 27.6 Å². The van der Waals surface area contributed by atoms with Crippen molar-refractivity contribution in [2.24, 2.45) is 16.6 Å².